The van der Waals surface area contributed by atoms with Gasteiger partial charge in [-0.2, -0.15) is 0 Å². The normalized spacial score (nSPS) is 17.7. The minimum atomic E-state index is 0.0953. The van der Waals surface area contributed by atoms with Gasteiger partial charge in [0.25, 0.3) is 5.91 Å². The van der Waals surface area contributed by atoms with Crippen molar-refractivity contribution in [1.82, 2.24) is 10.2 Å². The lowest BCUT2D eigenvalue weighted by Gasteiger charge is -2.24. The van der Waals surface area contributed by atoms with Crippen LogP contribution in [0.4, 0.5) is 5.69 Å². The van der Waals surface area contributed by atoms with E-state index in [1.54, 1.807) is 0 Å². The molecule has 3 rings (SSSR count). The Labute approximate surface area is 125 Å². The molecule has 0 fully saturated rings. The summed E-state index contributed by atoms with van der Waals surface area (Å²) in [5.74, 6) is 0.0953. The third kappa shape index (κ3) is 2.66. The lowest BCUT2D eigenvalue weighted by atomic mass is 10.1. The van der Waals surface area contributed by atoms with E-state index in [4.69, 9.17) is 0 Å². The van der Waals surface area contributed by atoms with Gasteiger partial charge in [-0.15, -0.1) is 0 Å². The maximum atomic E-state index is 12.6. The molecule has 0 unspecified atom stereocenters. The number of benzene rings is 1. The summed E-state index contributed by atoms with van der Waals surface area (Å²) in [7, 11) is 0. The average molecular weight is 283 g/mol. The molecule has 0 aromatic heterocycles. The monoisotopic (exact) mass is 283 g/mol. The maximum Gasteiger partial charge on any atom is 0.258 e. The molecule has 1 amide bonds. The number of fused-ring (bicyclic) bond motifs is 1. The third-order valence-corrected chi connectivity index (χ3v) is 3.84. The molecular formula is C17H21N3O. The second-order valence-corrected chi connectivity index (χ2v) is 5.95. The number of rotatable bonds is 3. The van der Waals surface area contributed by atoms with Crippen LogP contribution in [-0.4, -0.2) is 16.8 Å². The first-order valence-corrected chi connectivity index (χ1v) is 7.39. The highest BCUT2D eigenvalue weighted by molar-refractivity contribution is 6.00. The van der Waals surface area contributed by atoms with E-state index in [1.165, 1.54) is 0 Å². The van der Waals surface area contributed by atoms with Gasteiger partial charge in [0, 0.05) is 34.9 Å². The summed E-state index contributed by atoms with van der Waals surface area (Å²) >= 11 is 0. The standard InChI is InChI=1S/C17H21N3O/c1-11(2)19-14-6-5-13-10-20(17(21)16(13)8-14)15-7-4-12(3)18-9-15/h5-6,8-9,11,18-19H,3-4,7,10H2,1-2H3. The Morgan fingerprint density at radius 1 is 1.33 bits per heavy atom. The number of amides is 1. The largest absolute Gasteiger partial charge is 0.383 e. The van der Waals surface area contributed by atoms with E-state index in [0.29, 0.717) is 12.6 Å². The molecule has 0 bridgehead atoms. The molecule has 0 radical (unpaired) electrons. The minimum Gasteiger partial charge on any atom is -0.383 e. The zero-order valence-corrected chi connectivity index (χ0v) is 12.6. The van der Waals surface area contributed by atoms with Crippen molar-refractivity contribution in [2.24, 2.45) is 0 Å². The Morgan fingerprint density at radius 2 is 2.14 bits per heavy atom. The highest BCUT2D eigenvalue weighted by Gasteiger charge is 2.30. The summed E-state index contributed by atoms with van der Waals surface area (Å²) in [6.45, 7) is 8.75. The molecule has 21 heavy (non-hydrogen) atoms. The fourth-order valence-electron chi connectivity index (χ4n) is 2.78. The number of carbonyl (C=O) groups is 1. The van der Waals surface area contributed by atoms with E-state index < -0.39 is 0 Å². The van der Waals surface area contributed by atoms with Crippen LogP contribution in [0.3, 0.4) is 0 Å². The molecule has 0 saturated carbocycles. The van der Waals surface area contributed by atoms with Gasteiger partial charge in [0.15, 0.2) is 0 Å². The highest BCUT2D eigenvalue weighted by Crippen LogP contribution is 2.31. The summed E-state index contributed by atoms with van der Waals surface area (Å²) < 4.78 is 0. The van der Waals surface area contributed by atoms with Gasteiger partial charge in [0.05, 0.1) is 6.54 Å². The molecule has 2 heterocycles. The highest BCUT2D eigenvalue weighted by atomic mass is 16.2. The molecular weight excluding hydrogens is 262 g/mol. The third-order valence-electron chi connectivity index (χ3n) is 3.84. The summed E-state index contributed by atoms with van der Waals surface area (Å²) in [5.41, 5.74) is 4.96. The van der Waals surface area contributed by atoms with Crippen LogP contribution in [0.5, 0.6) is 0 Å². The fourth-order valence-corrected chi connectivity index (χ4v) is 2.78. The molecule has 1 aromatic rings. The number of nitrogens with one attached hydrogen (secondary N) is 2. The summed E-state index contributed by atoms with van der Waals surface area (Å²) in [6, 6.07) is 6.42. The van der Waals surface area contributed by atoms with Crippen LogP contribution < -0.4 is 10.6 Å². The van der Waals surface area contributed by atoms with Crippen LogP contribution >= 0.6 is 0 Å². The Balaban J connectivity index is 1.84. The Morgan fingerprint density at radius 3 is 2.81 bits per heavy atom. The van der Waals surface area contributed by atoms with Crippen LogP contribution in [0.2, 0.25) is 0 Å². The summed E-state index contributed by atoms with van der Waals surface area (Å²) in [5, 5.41) is 6.48. The van der Waals surface area contributed by atoms with E-state index in [0.717, 1.165) is 41.1 Å². The van der Waals surface area contributed by atoms with Crippen molar-refractivity contribution in [2.75, 3.05) is 5.32 Å². The second kappa shape index (κ2) is 5.28. The predicted octanol–water partition coefficient (Wildman–Crippen LogP) is 3.20. The van der Waals surface area contributed by atoms with Crippen LogP contribution in [0.1, 0.15) is 42.6 Å². The number of allylic oxidation sites excluding steroid dienone is 2. The zero-order valence-electron chi connectivity index (χ0n) is 12.6. The molecule has 4 heteroatoms. The van der Waals surface area contributed by atoms with Gasteiger partial charge in [-0.1, -0.05) is 12.6 Å². The molecule has 0 aliphatic carbocycles. The first kappa shape index (κ1) is 13.7. The molecule has 0 saturated heterocycles. The summed E-state index contributed by atoms with van der Waals surface area (Å²) in [6.07, 6.45) is 3.65. The van der Waals surface area contributed by atoms with Gasteiger partial charge in [-0.25, -0.2) is 0 Å². The predicted molar refractivity (Wildman–Crippen MR) is 84.7 cm³/mol. The van der Waals surface area contributed by atoms with Gasteiger partial charge in [0.2, 0.25) is 0 Å². The van der Waals surface area contributed by atoms with Gasteiger partial charge in [-0.3, -0.25) is 4.79 Å². The van der Waals surface area contributed by atoms with Gasteiger partial charge >= 0.3 is 0 Å². The van der Waals surface area contributed by atoms with Crippen molar-refractivity contribution >= 4 is 11.6 Å². The van der Waals surface area contributed by atoms with Crippen molar-refractivity contribution < 1.29 is 4.79 Å². The van der Waals surface area contributed by atoms with Crippen molar-refractivity contribution in [1.29, 1.82) is 0 Å². The molecule has 4 nitrogen and oxygen atoms in total. The van der Waals surface area contributed by atoms with Crippen LogP contribution in [-0.2, 0) is 6.54 Å². The van der Waals surface area contributed by atoms with E-state index >= 15 is 0 Å². The molecule has 2 aliphatic rings. The topological polar surface area (TPSA) is 44.4 Å². The Kier molecular flexibility index (Phi) is 3.45. The molecule has 0 atom stereocenters. The lowest BCUT2D eigenvalue weighted by Crippen LogP contribution is -2.27. The molecule has 0 spiro atoms. The van der Waals surface area contributed by atoms with E-state index in [9.17, 15) is 4.79 Å². The average Bonchev–Trinajstić information content (AvgIpc) is 2.76. The van der Waals surface area contributed by atoms with Gasteiger partial charge in [0.1, 0.15) is 0 Å². The van der Waals surface area contributed by atoms with Crippen molar-refractivity contribution in [2.45, 2.75) is 39.3 Å². The molecule has 2 N–H and O–H groups in total. The first-order chi connectivity index (χ1) is 10.0. The number of hydrogen-bond acceptors (Lipinski definition) is 3. The number of carbonyl (C=O) groups excluding carboxylic acids is 1. The van der Waals surface area contributed by atoms with Crippen molar-refractivity contribution in [3.63, 3.8) is 0 Å². The van der Waals surface area contributed by atoms with E-state index in [2.05, 4.69) is 31.1 Å². The van der Waals surface area contributed by atoms with E-state index in [1.807, 2.05) is 29.3 Å². The van der Waals surface area contributed by atoms with Gasteiger partial charge < -0.3 is 15.5 Å². The first-order valence-electron chi connectivity index (χ1n) is 7.39. The zero-order chi connectivity index (χ0) is 15.0. The van der Waals surface area contributed by atoms with Gasteiger partial charge in [-0.05, 0) is 44.4 Å². The second-order valence-electron chi connectivity index (χ2n) is 5.95. The number of hydrogen-bond donors (Lipinski definition) is 2. The van der Waals surface area contributed by atoms with Crippen LogP contribution in [0, 0.1) is 0 Å². The fraction of sp³-hybridized carbons (Fsp3) is 0.353. The molecule has 110 valence electrons. The van der Waals surface area contributed by atoms with Crippen LogP contribution in [0.15, 0.2) is 42.4 Å². The summed E-state index contributed by atoms with van der Waals surface area (Å²) in [4.78, 5) is 14.5. The van der Waals surface area contributed by atoms with E-state index in [-0.39, 0.29) is 5.91 Å². The Hall–Kier alpha value is -2.23. The van der Waals surface area contributed by atoms with Crippen LogP contribution in [0.25, 0.3) is 0 Å². The maximum absolute atomic E-state index is 12.6. The molecule has 1 aromatic carbocycles. The number of anilines is 1. The smallest absolute Gasteiger partial charge is 0.258 e. The lowest BCUT2D eigenvalue weighted by molar-refractivity contribution is 0.0819. The Bertz CT molecular complexity index is 631. The quantitative estimate of drug-likeness (QED) is 0.895. The molecule has 2 aliphatic heterocycles. The van der Waals surface area contributed by atoms with Crippen molar-refractivity contribution in [3.8, 4) is 0 Å². The number of nitrogens with zero attached hydrogens (tertiary/aromatic N) is 1. The SMILES string of the molecule is C=C1CCC(N2Cc3ccc(NC(C)C)cc3C2=O)=CN1. The van der Waals surface area contributed by atoms with Crippen molar-refractivity contribution in [3.05, 3.63) is 53.5 Å². The minimum absolute atomic E-state index is 0.0953.